The monoisotopic (exact) mass is 616 g/mol. The van der Waals surface area contributed by atoms with Crippen LogP contribution >= 0.6 is 0 Å². The first-order valence-electron chi connectivity index (χ1n) is 14.7. The summed E-state index contributed by atoms with van der Waals surface area (Å²) in [6.07, 6.45) is 6.19. The van der Waals surface area contributed by atoms with E-state index in [1.54, 1.807) is 15.7 Å². The number of halogens is 3. The van der Waals surface area contributed by atoms with Crippen LogP contribution in [0, 0.1) is 28.8 Å². The molecule has 1 amide bonds. The summed E-state index contributed by atoms with van der Waals surface area (Å²) in [4.78, 5) is 23.7. The fraction of sp³-hybridized carbons (Fsp3) is 0.344. The zero-order chi connectivity index (χ0) is 31.9. The highest BCUT2D eigenvalue weighted by atomic mass is 19.2. The van der Waals surface area contributed by atoms with Crippen LogP contribution in [0.5, 0.6) is 11.5 Å². The van der Waals surface area contributed by atoms with Crippen molar-refractivity contribution < 1.29 is 22.7 Å². The normalized spacial score (nSPS) is 17.6. The van der Waals surface area contributed by atoms with Crippen molar-refractivity contribution in [3.05, 3.63) is 71.8 Å². The summed E-state index contributed by atoms with van der Waals surface area (Å²) in [5.74, 6) is -3.70. The molecule has 10 nitrogen and oxygen atoms in total. The first-order chi connectivity index (χ1) is 21.6. The molecule has 4 aromatic rings. The van der Waals surface area contributed by atoms with E-state index in [-0.39, 0.29) is 64.2 Å². The van der Waals surface area contributed by atoms with E-state index in [2.05, 4.69) is 26.5 Å². The maximum absolute atomic E-state index is 15.5. The number of fused-ring (bicyclic) bond motifs is 1. The SMILES string of the molecule is CC(C)NC1(C=C(C#N)C(=O)N2CCC[C@H]2Cn2nc(-c3ccc(Oc4cccc(F)c4F)cc3F)c3c(N)ncnc32)CC1. The molecule has 0 radical (unpaired) electrons. The van der Waals surface area contributed by atoms with Crippen LogP contribution in [0.25, 0.3) is 22.3 Å². The first-order valence-corrected chi connectivity index (χ1v) is 14.7. The number of benzene rings is 2. The lowest BCUT2D eigenvalue weighted by atomic mass is 10.1. The molecule has 1 aliphatic carbocycles. The van der Waals surface area contributed by atoms with Gasteiger partial charge in [0.1, 0.15) is 41.0 Å². The molecule has 1 saturated heterocycles. The molecule has 232 valence electrons. The van der Waals surface area contributed by atoms with Crippen molar-refractivity contribution in [2.24, 2.45) is 0 Å². The van der Waals surface area contributed by atoms with E-state index in [1.165, 1.54) is 30.6 Å². The molecular weight excluding hydrogens is 585 g/mol. The number of ether oxygens (including phenoxy) is 1. The van der Waals surface area contributed by atoms with Crippen molar-refractivity contribution in [3.8, 4) is 28.8 Å². The van der Waals surface area contributed by atoms with Gasteiger partial charge in [-0.15, -0.1) is 0 Å². The number of aromatic nitrogens is 4. The van der Waals surface area contributed by atoms with Gasteiger partial charge < -0.3 is 20.7 Å². The van der Waals surface area contributed by atoms with Crippen LogP contribution in [0.15, 0.2) is 54.4 Å². The molecule has 2 aromatic carbocycles. The zero-order valence-corrected chi connectivity index (χ0v) is 24.7. The second-order valence-corrected chi connectivity index (χ2v) is 11.7. The topological polar surface area (TPSA) is 135 Å². The standard InChI is InChI=1S/C32H31F3N8O2/c1-18(2)40-32(10-11-32)14-19(15-36)31(44)42-12-4-5-20(42)16-43-30-26(29(37)38-17-39-30)28(41-43)22-9-8-21(13-24(22)34)45-25-7-3-6-23(33)27(25)35/h3,6-9,13-14,17-18,20,40H,4-5,10-12,16H2,1-2H3,(H2,37,38,39)/t20-/m0/s1. The molecule has 1 aliphatic heterocycles. The summed E-state index contributed by atoms with van der Waals surface area (Å²) in [7, 11) is 0. The highest BCUT2D eigenvalue weighted by Crippen LogP contribution is 2.39. The number of nitrogens with zero attached hydrogens (tertiary/aromatic N) is 6. The van der Waals surface area contributed by atoms with Crippen LogP contribution in [0.3, 0.4) is 0 Å². The van der Waals surface area contributed by atoms with E-state index in [1.807, 2.05) is 13.8 Å². The molecule has 0 spiro atoms. The predicted octanol–water partition coefficient (Wildman–Crippen LogP) is 5.26. The summed E-state index contributed by atoms with van der Waals surface area (Å²) in [5.41, 5.74) is 6.58. The Balaban J connectivity index is 1.29. The van der Waals surface area contributed by atoms with E-state index in [4.69, 9.17) is 10.5 Å². The van der Waals surface area contributed by atoms with Crippen LogP contribution in [-0.4, -0.2) is 54.7 Å². The van der Waals surface area contributed by atoms with Crippen molar-refractivity contribution in [1.82, 2.24) is 30.0 Å². The molecule has 6 rings (SSSR count). The molecule has 2 fully saturated rings. The number of nitriles is 1. The summed E-state index contributed by atoms with van der Waals surface area (Å²) in [6, 6.07) is 9.33. The molecule has 1 saturated carbocycles. The van der Waals surface area contributed by atoms with Gasteiger partial charge in [-0.2, -0.15) is 14.8 Å². The highest BCUT2D eigenvalue weighted by Gasteiger charge is 2.42. The smallest absolute Gasteiger partial charge is 0.264 e. The summed E-state index contributed by atoms with van der Waals surface area (Å²) in [6.45, 7) is 4.77. The van der Waals surface area contributed by atoms with Gasteiger partial charge in [-0.25, -0.2) is 23.4 Å². The first kappa shape index (κ1) is 30.1. The van der Waals surface area contributed by atoms with Crippen LogP contribution in [0.4, 0.5) is 19.0 Å². The molecule has 45 heavy (non-hydrogen) atoms. The summed E-state index contributed by atoms with van der Waals surface area (Å²) >= 11 is 0. The minimum Gasteiger partial charge on any atom is -0.454 e. The fourth-order valence-electron chi connectivity index (χ4n) is 5.89. The Bertz CT molecular complexity index is 1860. The van der Waals surface area contributed by atoms with Crippen LogP contribution < -0.4 is 15.8 Å². The van der Waals surface area contributed by atoms with E-state index >= 15 is 4.39 Å². The van der Waals surface area contributed by atoms with Crippen LogP contribution in [0.2, 0.25) is 0 Å². The van der Waals surface area contributed by atoms with E-state index in [9.17, 15) is 18.8 Å². The van der Waals surface area contributed by atoms with Gasteiger partial charge in [0.05, 0.1) is 18.0 Å². The Morgan fingerprint density at radius 3 is 2.73 bits per heavy atom. The molecule has 0 unspecified atom stereocenters. The lowest BCUT2D eigenvalue weighted by Crippen LogP contribution is -2.40. The number of carbonyl (C=O) groups excluding carboxylic acids is 1. The van der Waals surface area contributed by atoms with Gasteiger partial charge in [0.25, 0.3) is 5.91 Å². The lowest BCUT2D eigenvalue weighted by Gasteiger charge is -2.25. The van der Waals surface area contributed by atoms with Gasteiger partial charge in [0.2, 0.25) is 5.82 Å². The molecule has 3 N–H and O–H groups in total. The number of likely N-dealkylation sites (tertiary alicyclic amines) is 1. The Morgan fingerprint density at radius 1 is 1.22 bits per heavy atom. The van der Waals surface area contributed by atoms with E-state index in [0.29, 0.717) is 24.0 Å². The van der Waals surface area contributed by atoms with Crippen LogP contribution in [-0.2, 0) is 11.3 Å². The molecule has 13 heteroatoms. The van der Waals surface area contributed by atoms with Crippen molar-refractivity contribution >= 4 is 22.8 Å². The van der Waals surface area contributed by atoms with Crippen molar-refractivity contribution in [2.45, 2.75) is 63.7 Å². The van der Waals surface area contributed by atoms with Gasteiger partial charge in [0, 0.05) is 29.8 Å². The third kappa shape index (κ3) is 5.93. The third-order valence-corrected chi connectivity index (χ3v) is 8.06. The zero-order valence-electron chi connectivity index (χ0n) is 24.7. The van der Waals surface area contributed by atoms with Crippen molar-refractivity contribution in [1.29, 1.82) is 5.26 Å². The van der Waals surface area contributed by atoms with Crippen LogP contribution in [0.1, 0.15) is 39.5 Å². The number of nitrogens with two attached hydrogens (primary N) is 1. The number of hydrogen-bond acceptors (Lipinski definition) is 8. The summed E-state index contributed by atoms with van der Waals surface area (Å²) < 4.78 is 50.2. The number of anilines is 1. The molecule has 1 atom stereocenters. The van der Waals surface area contributed by atoms with Gasteiger partial charge >= 0.3 is 0 Å². The highest BCUT2D eigenvalue weighted by molar-refractivity contribution is 5.99. The molecule has 3 heterocycles. The second-order valence-electron chi connectivity index (χ2n) is 11.7. The molecule has 2 aliphatic rings. The largest absolute Gasteiger partial charge is 0.454 e. The van der Waals surface area contributed by atoms with E-state index < -0.39 is 17.5 Å². The Hall–Kier alpha value is -4.96. The quantitative estimate of drug-likeness (QED) is 0.192. The Kier molecular flexibility index (Phi) is 7.92. The Morgan fingerprint density at radius 2 is 2.02 bits per heavy atom. The average Bonchev–Trinajstić information content (AvgIpc) is 3.41. The number of carbonyl (C=O) groups is 1. The number of amides is 1. The predicted molar refractivity (Wildman–Crippen MR) is 160 cm³/mol. The van der Waals surface area contributed by atoms with Gasteiger partial charge in [-0.05, 0) is 56.0 Å². The number of nitrogen functional groups attached to an aromatic ring is 1. The molecule has 0 bridgehead atoms. The minimum absolute atomic E-state index is 0.0493. The molecular formula is C32H31F3N8O2. The lowest BCUT2D eigenvalue weighted by molar-refractivity contribution is -0.127. The minimum atomic E-state index is -1.19. The van der Waals surface area contributed by atoms with Gasteiger partial charge in [-0.1, -0.05) is 19.9 Å². The number of rotatable bonds is 9. The third-order valence-electron chi connectivity index (χ3n) is 8.06. The maximum atomic E-state index is 15.5. The number of nitrogens with one attached hydrogen (secondary N) is 1. The maximum Gasteiger partial charge on any atom is 0.264 e. The Labute approximate surface area is 257 Å². The molecule has 2 aromatic heterocycles. The van der Waals surface area contributed by atoms with Gasteiger partial charge in [0.15, 0.2) is 17.2 Å². The van der Waals surface area contributed by atoms with E-state index in [0.717, 1.165) is 31.4 Å². The summed E-state index contributed by atoms with van der Waals surface area (Å²) in [5, 5.41) is 18.3. The number of hydrogen-bond donors (Lipinski definition) is 2. The van der Waals surface area contributed by atoms with Crippen molar-refractivity contribution in [3.63, 3.8) is 0 Å². The second kappa shape index (κ2) is 11.9. The van der Waals surface area contributed by atoms with Gasteiger partial charge in [-0.3, -0.25) is 4.79 Å². The average molecular weight is 617 g/mol. The fourth-order valence-corrected chi connectivity index (χ4v) is 5.89. The van der Waals surface area contributed by atoms with Crippen molar-refractivity contribution in [2.75, 3.05) is 12.3 Å².